The van der Waals surface area contributed by atoms with Gasteiger partial charge >= 0.3 is 0 Å². The highest BCUT2D eigenvalue weighted by atomic mass is 19.1. The molecule has 0 amide bonds. The third kappa shape index (κ3) is 3.70. The number of rotatable bonds is 4. The Morgan fingerprint density at radius 3 is 2.38 bits per heavy atom. The second-order valence-corrected chi connectivity index (χ2v) is 6.29. The fraction of sp³-hybridized carbons (Fsp3) is 0.200. The summed E-state index contributed by atoms with van der Waals surface area (Å²) in [5, 5.41) is 4.00. The highest BCUT2D eigenvalue weighted by Crippen LogP contribution is 2.24. The molecule has 26 heavy (non-hydrogen) atoms. The summed E-state index contributed by atoms with van der Waals surface area (Å²) in [6.07, 6.45) is 2.98. The molecule has 0 spiro atoms. The number of hydrogen-bond donors (Lipinski definition) is 0. The summed E-state index contributed by atoms with van der Waals surface area (Å²) in [5.41, 5.74) is 2.74. The Morgan fingerprint density at radius 2 is 1.65 bits per heavy atom. The molecule has 0 saturated heterocycles. The van der Waals surface area contributed by atoms with Gasteiger partial charge in [0, 0.05) is 30.8 Å². The Hall–Kier alpha value is -2.86. The lowest BCUT2D eigenvalue weighted by Gasteiger charge is -2.25. The van der Waals surface area contributed by atoms with Crippen molar-refractivity contribution in [3.05, 3.63) is 77.7 Å². The van der Waals surface area contributed by atoms with Crippen LogP contribution in [0.5, 0.6) is 0 Å². The maximum atomic E-state index is 13.0. The largest absolute Gasteiger partial charge is 0.334 e. The van der Waals surface area contributed by atoms with Crippen molar-refractivity contribution in [1.29, 1.82) is 0 Å². The van der Waals surface area contributed by atoms with E-state index in [-0.39, 0.29) is 11.6 Å². The van der Waals surface area contributed by atoms with Crippen molar-refractivity contribution in [2.75, 3.05) is 13.1 Å². The zero-order chi connectivity index (χ0) is 17.9. The minimum absolute atomic E-state index is 0.229. The summed E-state index contributed by atoms with van der Waals surface area (Å²) < 4.78 is 31.5. The van der Waals surface area contributed by atoms with Gasteiger partial charge in [0.25, 0.3) is 5.89 Å². The van der Waals surface area contributed by atoms with E-state index in [9.17, 15) is 8.78 Å². The average Bonchev–Trinajstić information content (AvgIpc) is 3.15. The molecule has 1 aromatic heterocycles. The average molecular weight is 353 g/mol. The Kier molecular flexibility index (Phi) is 4.58. The molecule has 0 atom stereocenters. The number of hydrogen-bond acceptors (Lipinski definition) is 4. The molecule has 1 aliphatic heterocycles. The Balaban J connectivity index is 1.47. The molecule has 2 aromatic carbocycles. The Bertz CT molecular complexity index is 917. The highest BCUT2D eigenvalue weighted by Gasteiger charge is 2.19. The molecule has 3 aromatic rings. The van der Waals surface area contributed by atoms with Crippen molar-refractivity contribution in [3.8, 4) is 11.4 Å². The van der Waals surface area contributed by atoms with Crippen molar-refractivity contribution < 1.29 is 13.3 Å². The number of halogens is 2. The van der Waals surface area contributed by atoms with E-state index in [1.807, 2.05) is 0 Å². The molecule has 2 heterocycles. The maximum absolute atomic E-state index is 13.0. The van der Waals surface area contributed by atoms with Crippen LogP contribution in [0.3, 0.4) is 0 Å². The van der Waals surface area contributed by atoms with Gasteiger partial charge in [-0.3, -0.25) is 4.90 Å². The first kappa shape index (κ1) is 16.6. The molecule has 0 saturated carbocycles. The second-order valence-electron chi connectivity index (χ2n) is 6.29. The summed E-state index contributed by atoms with van der Waals surface area (Å²) in [5.74, 6) is 0.390. The third-order valence-corrected chi connectivity index (χ3v) is 4.35. The van der Waals surface area contributed by atoms with E-state index in [2.05, 4.69) is 21.1 Å². The first-order chi connectivity index (χ1) is 12.7. The first-order valence-corrected chi connectivity index (χ1v) is 8.43. The lowest BCUT2D eigenvalue weighted by molar-refractivity contribution is 0.291. The van der Waals surface area contributed by atoms with Gasteiger partial charge in [-0.2, -0.15) is 4.98 Å². The molecule has 0 bridgehead atoms. The normalized spacial score (nSPS) is 15.1. The van der Waals surface area contributed by atoms with Crippen LogP contribution in [0.4, 0.5) is 8.78 Å². The molecule has 4 nitrogen and oxygen atoms in total. The van der Waals surface area contributed by atoms with Crippen molar-refractivity contribution in [3.63, 3.8) is 0 Å². The number of nitrogens with zero attached hydrogens (tertiary/aromatic N) is 3. The summed E-state index contributed by atoms with van der Waals surface area (Å²) >= 11 is 0. The zero-order valence-corrected chi connectivity index (χ0v) is 14.0. The van der Waals surface area contributed by atoms with Crippen LogP contribution in [0.1, 0.15) is 17.9 Å². The number of aromatic nitrogens is 2. The summed E-state index contributed by atoms with van der Waals surface area (Å²) in [6, 6.07) is 12.5. The molecule has 0 radical (unpaired) electrons. The predicted octanol–water partition coefficient (Wildman–Crippen LogP) is 4.30. The summed E-state index contributed by atoms with van der Waals surface area (Å²) in [7, 11) is 0. The topological polar surface area (TPSA) is 42.2 Å². The van der Waals surface area contributed by atoms with Crippen molar-refractivity contribution in [2.45, 2.75) is 13.0 Å². The minimum atomic E-state index is -0.302. The fourth-order valence-corrected chi connectivity index (χ4v) is 3.01. The molecule has 0 N–H and O–H groups in total. The molecule has 132 valence electrons. The quantitative estimate of drug-likeness (QED) is 0.701. The van der Waals surface area contributed by atoms with Crippen LogP contribution in [0, 0.1) is 11.6 Å². The van der Waals surface area contributed by atoms with Crippen LogP contribution >= 0.6 is 0 Å². The van der Waals surface area contributed by atoms with Gasteiger partial charge in [-0.1, -0.05) is 23.4 Å². The van der Waals surface area contributed by atoms with Crippen molar-refractivity contribution in [2.24, 2.45) is 0 Å². The van der Waals surface area contributed by atoms with E-state index in [4.69, 9.17) is 4.52 Å². The highest BCUT2D eigenvalue weighted by molar-refractivity contribution is 5.63. The molecule has 0 fully saturated rings. The van der Waals surface area contributed by atoms with Crippen LogP contribution in [0.2, 0.25) is 0 Å². The van der Waals surface area contributed by atoms with Crippen molar-refractivity contribution in [1.82, 2.24) is 15.0 Å². The van der Waals surface area contributed by atoms with Gasteiger partial charge in [0.2, 0.25) is 5.82 Å². The molecule has 1 aliphatic rings. The van der Waals surface area contributed by atoms with Gasteiger partial charge in [-0.15, -0.1) is 0 Å². The smallest absolute Gasteiger partial charge is 0.255 e. The van der Waals surface area contributed by atoms with Crippen LogP contribution in [0.15, 0.2) is 59.1 Å². The van der Waals surface area contributed by atoms with E-state index in [1.54, 1.807) is 24.3 Å². The third-order valence-electron chi connectivity index (χ3n) is 4.35. The summed E-state index contributed by atoms with van der Waals surface area (Å²) in [6.45, 7) is 2.33. The lowest BCUT2D eigenvalue weighted by atomic mass is 10.1. The van der Waals surface area contributed by atoms with E-state index in [0.717, 1.165) is 30.6 Å². The molecular weight excluding hydrogens is 336 g/mol. The van der Waals surface area contributed by atoms with Crippen LogP contribution in [-0.4, -0.2) is 28.1 Å². The maximum Gasteiger partial charge on any atom is 0.255 e. The molecule has 0 unspecified atom stereocenters. The Morgan fingerprint density at radius 1 is 0.962 bits per heavy atom. The minimum Gasteiger partial charge on any atom is -0.334 e. The monoisotopic (exact) mass is 353 g/mol. The van der Waals surface area contributed by atoms with E-state index in [0.29, 0.717) is 23.8 Å². The summed E-state index contributed by atoms with van der Waals surface area (Å²) in [4.78, 5) is 6.70. The SMILES string of the molecule is Fc1ccc(CN2CCC=C(c3nc(-c4ccc(F)cc4)no3)C2)cc1. The van der Waals surface area contributed by atoms with E-state index < -0.39 is 0 Å². The van der Waals surface area contributed by atoms with Gasteiger partial charge in [0.1, 0.15) is 11.6 Å². The van der Waals surface area contributed by atoms with Gasteiger partial charge in [-0.25, -0.2) is 8.78 Å². The molecular formula is C20H17F2N3O. The van der Waals surface area contributed by atoms with Crippen LogP contribution in [0.25, 0.3) is 17.0 Å². The van der Waals surface area contributed by atoms with Gasteiger partial charge in [-0.05, 0) is 48.4 Å². The van der Waals surface area contributed by atoms with Crippen LogP contribution < -0.4 is 0 Å². The standard InChI is InChI=1S/C20H17F2N3O/c21-17-7-3-14(4-8-17)12-25-11-1-2-16(13-25)20-23-19(24-26-20)15-5-9-18(22)10-6-15/h2-10H,1,11-13H2. The van der Waals surface area contributed by atoms with Crippen molar-refractivity contribution >= 4 is 5.57 Å². The fourth-order valence-electron chi connectivity index (χ4n) is 3.01. The van der Waals surface area contributed by atoms with Gasteiger partial charge in [0.05, 0.1) is 0 Å². The number of benzene rings is 2. The zero-order valence-electron chi connectivity index (χ0n) is 14.0. The molecule has 0 aliphatic carbocycles. The van der Waals surface area contributed by atoms with E-state index in [1.165, 1.54) is 24.3 Å². The first-order valence-electron chi connectivity index (χ1n) is 8.43. The van der Waals surface area contributed by atoms with Crippen LogP contribution in [-0.2, 0) is 6.54 Å². The van der Waals surface area contributed by atoms with Gasteiger partial charge in [0.15, 0.2) is 0 Å². The predicted molar refractivity (Wildman–Crippen MR) is 94.0 cm³/mol. The lowest BCUT2D eigenvalue weighted by Crippen LogP contribution is -2.29. The Labute approximate surface area is 149 Å². The second kappa shape index (κ2) is 7.17. The van der Waals surface area contributed by atoms with E-state index >= 15 is 0 Å². The van der Waals surface area contributed by atoms with Gasteiger partial charge < -0.3 is 4.52 Å². The molecule has 4 rings (SSSR count). The molecule has 6 heteroatoms.